The average molecular weight is 341 g/mol. The molecule has 0 atom stereocenters. The number of rotatable bonds is 3. The number of nitro benzene ring substituents is 1. The monoisotopic (exact) mass is 340 g/mol. The molecule has 7 heteroatoms. The molecule has 1 aromatic heterocycles. The summed E-state index contributed by atoms with van der Waals surface area (Å²) in [5.74, 6) is -0.149. The van der Waals surface area contributed by atoms with Crippen molar-refractivity contribution in [2.75, 3.05) is 11.9 Å². The summed E-state index contributed by atoms with van der Waals surface area (Å²) in [5.41, 5.74) is 0.614. The van der Waals surface area contributed by atoms with E-state index in [4.69, 9.17) is 0 Å². The quantitative estimate of drug-likeness (QED) is 0.632. The summed E-state index contributed by atoms with van der Waals surface area (Å²) in [4.78, 5) is 24.3. The fourth-order valence-electron chi connectivity index (χ4n) is 1.51. The van der Waals surface area contributed by atoms with Crippen LogP contribution >= 0.6 is 27.3 Å². The zero-order valence-electron chi connectivity index (χ0n) is 9.87. The van der Waals surface area contributed by atoms with Crippen LogP contribution in [-0.2, 0) is 0 Å². The van der Waals surface area contributed by atoms with Crippen molar-refractivity contribution in [2.24, 2.45) is 0 Å². The number of benzene rings is 1. The average Bonchev–Trinajstić information content (AvgIpc) is 2.84. The van der Waals surface area contributed by atoms with Crippen molar-refractivity contribution in [1.29, 1.82) is 0 Å². The van der Waals surface area contributed by atoms with Gasteiger partial charge in [-0.2, -0.15) is 0 Å². The predicted octanol–water partition coefficient (Wildman–Crippen LogP) is 3.70. The van der Waals surface area contributed by atoms with Crippen LogP contribution in [0.4, 0.5) is 11.4 Å². The summed E-state index contributed by atoms with van der Waals surface area (Å²) < 4.78 is 0.882. The van der Waals surface area contributed by atoms with E-state index in [2.05, 4.69) is 15.9 Å². The lowest BCUT2D eigenvalue weighted by Crippen LogP contribution is -2.25. The SMILES string of the molecule is CN(C(=O)c1ccc(Br)s1)c1ccc([N+](=O)[O-])cc1. The smallest absolute Gasteiger partial charge is 0.269 e. The summed E-state index contributed by atoms with van der Waals surface area (Å²) in [6.45, 7) is 0. The number of thiophene rings is 1. The van der Waals surface area contributed by atoms with Crippen LogP contribution in [0.1, 0.15) is 9.67 Å². The van der Waals surface area contributed by atoms with Crippen molar-refractivity contribution >= 4 is 44.5 Å². The molecule has 0 aliphatic heterocycles. The van der Waals surface area contributed by atoms with Crippen molar-refractivity contribution in [3.8, 4) is 0 Å². The van der Waals surface area contributed by atoms with Crippen LogP contribution in [0.3, 0.4) is 0 Å². The molecule has 0 fully saturated rings. The Morgan fingerprint density at radius 2 is 1.89 bits per heavy atom. The molecule has 2 aromatic rings. The van der Waals surface area contributed by atoms with E-state index in [0.717, 1.165) is 3.79 Å². The van der Waals surface area contributed by atoms with E-state index in [9.17, 15) is 14.9 Å². The first-order valence-electron chi connectivity index (χ1n) is 5.27. The minimum Gasteiger partial charge on any atom is -0.311 e. The number of carbonyl (C=O) groups excluding carboxylic acids is 1. The van der Waals surface area contributed by atoms with Gasteiger partial charge in [0.05, 0.1) is 13.6 Å². The molecule has 98 valence electrons. The number of amides is 1. The number of hydrogen-bond acceptors (Lipinski definition) is 4. The van der Waals surface area contributed by atoms with Gasteiger partial charge in [-0.1, -0.05) is 0 Å². The summed E-state index contributed by atoms with van der Waals surface area (Å²) in [6, 6.07) is 9.41. The van der Waals surface area contributed by atoms with Gasteiger partial charge in [0.1, 0.15) is 0 Å². The minimum absolute atomic E-state index is 0.00321. The molecule has 0 saturated heterocycles. The highest BCUT2D eigenvalue weighted by Gasteiger charge is 2.16. The molecule has 0 spiro atoms. The fraction of sp³-hybridized carbons (Fsp3) is 0.0833. The van der Waals surface area contributed by atoms with E-state index >= 15 is 0 Å². The Balaban J connectivity index is 2.21. The van der Waals surface area contributed by atoms with Crippen LogP contribution in [-0.4, -0.2) is 17.9 Å². The van der Waals surface area contributed by atoms with Crippen LogP contribution in [0.2, 0.25) is 0 Å². The number of nitrogens with zero attached hydrogens (tertiary/aromatic N) is 2. The molecular weight excluding hydrogens is 332 g/mol. The molecule has 5 nitrogen and oxygen atoms in total. The van der Waals surface area contributed by atoms with Gasteiger partial charge in [-0.05, 0) is 40.2 Å². The van der Waals surface area contributed by atoms with Crippen molar-refractivity contribution in [1.82, 2.24) is 0 Å². The summed E-state index contributed by atoms with van der Waals surface area (Å²) >= 11 is 4.65. The number of anilines is 1. The van der Waals surface area contributed by atoms with Crippen molar-refractivity contribution in [3.63, 3.8) is 0 Å². The second kappa shape index (κ2) is 5.50. The number of halogens is 1. The van der Waals surface area contributed by atoms with E-state index in [1.54, 1.807) is 25.2 Å². The second-order valence-corrected chi connectivity index (χ2v) is 6.20. The fourth-order valence-corrected chi connectivity index (χ4v) is 2.87. The third-order valence-electron chi connectivity index (χ3n) is 2.54. The molecule has 0 radical (unpaired) electrons. The first kappa shape index (κ1) is 13.7. The Labute approximate surface area is 121 Å². The second-order valence-electron chi connectivity index (χ2n) is 3.74. The normalized spacial score (nSPS) is 10.2. The Kier molecular flexibility index (Phi) is 3.96. The first-order valence-corrected chi connectivity index (χ1v) is 6.88. The number of carbonyl (C=O) groups is 1. The Morgan fingerprint density at radius 3 is 2.37 bits per heavy atom. The van der Waals surface area contributed by atoms with E-state index in [1.807, 2.05) is 6.07 Å². The molecular formula is C12H9BrN2O3S. The lowest BCUT2D eigenvalue weighted by molar-refractivity contribution is -0.384. The van der Waals surface area contributed by atoms with Gasteiger partial charge >= 0.3 is 0 Å². The molecule has 2 rings (SSSR count). The van der Waals surface area contributed by atoms with Gasteiger partial charge in [0.15, 0.2) is 0 Å². The molecule has 0 aliphatic rings. The van der Waals surface area contributed by atoms with Gasteiger partial charge in [-0.25, -0.2) is 0 Å². The van der Waals surface area contributed by atoms with E-state index < -0.39 is 4.92 Å². The van der Waals surface area contributed by atoms with Crippen LogP contribution < -0.4 is 4.90 Å². The topological polar surface area (TPSA) is 63.5 Å². The largest absolute Gasteiger partial charge is 0.311 e. The van der Waals surface area contributed by atoms with Gasteiger partial charge in [0.2, 0.25) is 0 Å². The molecule has 1 amide bonds. The zero-order chi connectivity index (χ0) is 14.0. The van der Waals surface area contributed by atoms with Crippen LogP contribution in [0, 0.1) is 10.1 Å². The third-order valence-corrected chi connectivity index (χ3v) is 4.15. The third kappa shape index (κ3) is 2.99. The summed E-state index contributed by atoms with van der Waals surface area (Å²) in [7, 11) is 1.64. The lowest BCUT2D eigenvalue weighted by atomic mass is 10.2. The zero-order valence-corrected chi connectivity index (χ0v) is 12.3. The number of hydrogen-bond donors (Lipinski definition) is 0. The van der Waals surface area contributed by atoms with Crippen molar-refractivity contribution < 1.29 is 9.72 Å². The van der Waals surface area contributed by atoms with Gasteiger partial charge in [0, 0.05) is 24.9 Å². The molecule has 0 saturated carbocycles. The lowest BCUT2D eigenvalue weighted by Gasteiger charge is -2.15. The molecule has 19 heavy (non-hydrogen) atoms. The van der Waals surface area contributed by atoms with Crippen molar-refractivity contribution in [2.45, 2.75) is 0 Å². The van der Waals surface area contributed by atoms with E-state index in [0.29, 0.717) is 10.6 Å². The molecule has 0 N–H and O–H groups in total. The standard InChI is InChI=1S/C12H9BrN2O3S/c1-14(12(16)10-6-7-11(13)19-10)8-2-4-9(5-3-8)15(17)18/h2-7H,1H3. The molecule has 1 aromatic carbocycles. The van der Waals surface area contributed by atoms with Crippen LogP contribution in [0.25, 0.3) is 0 Å². The maximum atomic E-state index is 12.2. The van der Waals surface area contributed by atoms with Gasteiger partial charge in [0.25, 0.3) is 11.6 Å². The Morgan fingerprint density at radius 1 is 1.26 bits per heavy atom. The van der Waals surface area contributed by atoms with E-state index in [1.165, 1.54) is 28.4 Å². The first-order chi connectivity index (χ1) is 8.99. The highest BCUT2D eigenvalue weighted by Crippen LogP contribution is 2.25. The minimum atomic E-state index is -0.470. The van der Waals surface area contributed by atoms with Gasteiger partial charge in [-0.3, -0.25) is 14.9 Å². The number of nitro groups is 1. The summed E-state index contributed by atoms with van der Waals surface area (Å²) in [5, 5.41) is 10.6. The van der Waals surface area contributed by atoms with Crippen molar-refractivity contribution in [3.05, 3.63) is 55.2 Å². The molecule has 0 aliphatic carbocycles. The predicted molar refractivity (Wildman–Crippen MR) is 77.8 cm³/mol. The van der Waals surface area contributed by atoms with E-state index in [-0.39, 0.29) is 11.6 Å². The summed E-state index contributed by atoms with van der Waals surface area (Å²) in [6.07, 6.45) is 0. The Hall–Kier alpha value is -1.73. The molecule has 1 heterocycles. The maximum absolute atomic E-state index is 12.2. The number of non-ortho nitro benzene ring substituents is 1. The Bertz CT molecular complexity index is 624. The van der Waals surface area contributed by atoms with Gasteiger partial charge < -0.3 is 4.90 Å². The molecule has 0 unspecified atom stereocenters. The maximum Gasteiger partial charge on any atom is 0.269 e. The van der Waals surface area contributed by atoms with Crippen LogP contribution in [0.15, 0.2) is 40.2 Å². The highest BCUT2D eigenvalue weighted by molar-refractivity contribution is 9.11. The molecule has 0 bridgehead atoms. The van der Waals surface area contributed by atoms with Gasteiger partial charge in [-0.15, -0.1) is 11.3 Å². The van der Waals surface area contributed by atoms with Crippen LogP contribution in [0.5, 0.6) is 0 Å². The highest BCUT2D eigenvalue weighted by atomic mass is 79.9.